The molecule has 0 spiro atoms. The summed E-state index contributed by atoms with van der Waals surface area (Å²) >= 11 is 0. The zero-order chi connectivity index (χ0) is 15.6. The minimum absolute atomic E-state index is 0.161. The first-order chi connectivity index (χ1) is 9.86. The Bertz CT molecular complexity index is 534. The maximum absolute atomic E-state index is 14.4. The van der Waals surface area contributed by atoms with Crippen LogP contribution in [0.1, 0.15) is 25.8 Å². The van der Waals surface area contributed by atoms with E-state index in [0.29, 0.717) is 6.42 Å². The molecular weight excluding hydrogens is 278 g/mol. The molecule has 114 valence electrons. The largest absolute Gasteiger partial charge is 0.343 e. The molecule has 1 aromatic carbocycles. The molecule has 0 bridgehead atoms. The Morgan fingerprint density at radius 1 is 1.24 bits per heavy atom. The number of piperazine rings is 1. The minimum atomic E-state index is -3.19. The van der Waals surface area contributed by atoms with Crippen molar-refractivity contribution in [3.05, 3.63) is 35.9 Å². The number of alkyl halides is 2. The quantitative estimate of drug-likeness (QED) is 0.922. The molecule has 4 nitrogen and oxygen atoms in total. The zero-order valence-corrected chi connectivity index (χ0v) is 12.0. The number of nitrogens with one attached hydrogen (secondary N) is 1. The lowest BCUT2D eigenvalue weighted by atomic mass is 10.0. The summed E-state index contributed by atoms with van der Waals surface area (Å²) in [6.07, 6.45) is 0.301. The van der Waals surface area contributed by atoms with Gasteiger partial charge < -0.3 is 10.2 Å². The van der Waals surface area contributed by atoms with Crippen molar-refractivity contribution >= 4 is 11.8 Å². The van der Waals surface area contributed by atoms with Gasteiger partial charge in [-0.1, -0.05) is 37.3 Å². The van der Waals surface area contributed by atoms with Gasteiger partial charge in [-0.2, -0.15) is 8.78 Å². The fourth-order valence-electron chi connectivity index (χ4n) is 2.50. The van der Waals surface area contributed by atoms with Gasteiger partial charge in [-0.15, -0.1) is 0 Å². The first-order valence-corrected chi connectivity index (χ1v) is 6.91. The Kier molecular flexibility index (Phi) is 4.25. The summed E-state index contributed by atoms with van der Waals surface area (Å²) in [5.41, 5.74) is -0.161. The normalized spacial score (nSPS) is 23.1. The fraction of sp³-hybridized carbons (Fsp3) is 0.467. The third kappa shape index (κ3) is 3.04. The molecule has 0 radical (unpaired) electrons. The van der Waals surface area contributed by atoms with E-state index in [-0.39, 0.29) is 11.5 Å². The molecule has 2 rings (SSSR count). The Labute approximate surface area is 122 Å². The van der Waals surface area contributed by atoms with Gasteiger partial charge in [0.15, 0.2) is 0 Å². The van der Waals surface area contributed by atoms with Crippen LogP contribution in [0.25, 0.3) is 0 Å². The summed E-state index contributed by atoms with van der Waals surface area (Å²) in [5, 5.41) is 2.51. The van der Waals surface area contributed by atoms with Crippen LogP contribution < -0.4 is 5.32 Å². The van der Waals surface area contributed by atoms with Crippen LogP contribution >= 0.6 is 0 Å². The standard InChI is InChI=1S/C15H18F2N2O2/c1-3-12-13(20)18-10(2)14(21)19(12)9-15(16,17)11-7-5-4-6-8-11/h4-8,10,12H,3,9H2,1-2H3,(H,18,20). The second-order valence-corrected chi connectivity index (χ2v) is 5.19. The molecule has 2 unspecified atom stereocenters. The number of halogens is 2. The first-order valence-electron chi connectivity index (χ1n) is 6.91. The van der Waals surface area contributed by atoms with Crippen molar-refractivity contribution in [3.63, 3.8) is 0 Å². The summed E-state index contributed by atoms with van der Waals surface area (Å²) < 4.78 is 28.7. The van der Waals surface area contributed by atoms with E-state index in [4.69, 9.17) is 0 Å². The molecule has 2 atom stereocenters. The highest BCUT2D eigenvalue weighted by Gasteiger charge is 2.43. The van der Waals surface area contributed by atoms with E-state index >= 15 is 0 Å². The van der Waals surface area contributed by atoms with Crippen LogP contribution in [0.3, 0.4) is 0 Å². The topological polar surface area (TPSA) is 49.4 Å². The molecule has 1 N–H and O–H groups in total. The van der Waals surface area contributed by atoms with Crippen molar-refractivity contribution in [3.8, 4) is 0 Å². The number of carbonyl (C=O) groups excluding carboxylic acids is 2. The van der Waals surface area contributed by atoms with E-state index in [0.717, 1.165) is 4.90 Å². The SMILES string of the molecule is CCC1C(=O)NC(C)C(=O)N1CC(F)(F)c1ccccc1. The molecule has 0 aromatic heterocycles. The highest BCUT2D eigenvalue weighted by Crippen LogP contribution is 2.30. The van der Waals surface area contributed by atoms with Crippen molar-refractivity contribution in [2.45, 2.75) is 38.3 Å². The molecule has 2 amide bonds. The van der Waals surface area contributed by atoms with Crippen molar-refractivity contribution in [1.82, 2.24) is 10.2 Å². The van der Waals surface area contributed by atoms with Gasteiger partial charge in [0.25, 0.3) is 5.92 Å². The van der Waals surface area contributed by atoms with Crippen LogP contribution in [-0.2, 0) is 15.5 Å². The highest BCUT2D eigenvalue weighted by molar-refractivity contribution is 5.96. The Morgan fingerprint density at radius 2 is 1.86 bits per heavy atom. The van der Waals surface area contributed by atoms with E-state index in [9.17, 15) is 18.4 Å². The number of nitrogens with zero attached hydrogens (tertiary/aromatic N) is 1. The van der Waals surface area contributed by atoms with E-state index in [1.54, 1.807) is 13.0 Å². The van der Waals surface area contributed by atoms with Gasteiger partial charge in [0.2, 0.25) is 11.8 Å². The third-order valence-electron chi connectivity index (χ3n) is 3.64. The van der Waals surface area contributed by atoms with Crippen LogP contribution in [0, 0.1) is 0 Å². The maximum Gasteiger partial charge on any atom is 0.290 e. The predicted molar refractivity (Wildman–Crippen MR) is 73.7 cm³/mol. The molecule has 1 aliphatic rings. The van der Waals surface area contributed by atoms with E-state index < -0.39 is 30.5 Å². The van der Waals surface area contributed by atoms with Gasteiger partial charge in [0.05, 0.1) is 6.54 Å². The van der Waals surface area contributed by atoms with Crippen molar-refractivity contribution in [2.24, 2.45) is 0 Å². The summed E-state index contributed by atoms with van der Waals surface area (Å²) in [6, 6.07) is 5.71. The summed E-state index contributed by atoms with van der Waals surface area (Å²) in [4.78, 5) is 25.0. The van der Waals surface area contributed by atoms with Crippen LogP contribution in [0.5, 0.6) is 0 Å². The predicted octanol–water partition coefficient (Wildman–Crippen LogP) is 1.90. The van der Waals surface area contributed by atoms with E-state index in [2.05, 4.69) is 5.32 Å². The van der Waals surface area contributed by atoms with E-state index in [1.165, 1.54) is 31.2 Å². The van der Waals surface area contributed by atoms with Gasteiger partial charge in [-0.3, -0.25) is 9.59 Å². The highest BCUT2D eigenvalue weighted by atomic mass is 19.3. The van der Waals surface area contributed by atoms with Gasteiger partial charge in [-0.25, -0.2) is 0 Å². The summed E-state index contributed by atoms with van der Waals surface area (Å²) in [6.45, 7) is 2.41. The van der Waals surface area contributed by atoms with Gasteiger partial charge in [0.1, 0.15) is 12.1 Å². The molecule has 1 aliphatic heterocycles. The van der Waals surface area contributed by atoms with Crippen LogP contribution in [0.4, 0.5) is 8.78 Å². The Morgan fingerprint density at radius 3 is 2.43 bits per heavy atom. The second-order valence-electron chi connectivity index (χ2n) is 5.19. The van der Waals surface area contributed by atoms with Crippen molar-refractivity contribution in [2.75, 3.05) is 6.54 Å². The lowest BCUT2D eigenvalue weighted by Crippen LogP contribution is -2.63. The minimum Gasteiger partial charge on any atom is -0.343 e. The zero-order valence-electron chi connectivity index (χ0n) is 12.0. The number of benzene rings is 1. The molecule has 1 heterocycles. The van der Waals surface area contributed by atoms with Crippen LogP contribution in [-0.4, -0.2) is 35.3 Å². The van der Waals surface area contributed by atoms with Gasteiger partial charge in [0, 0.05) is 5.56 Å². The third-order valence-corrected chi connectivity index (χ3v) is 3.64. The molecule has 1 saturated heterocycles. The molecule has 0 saturated carbocycles. The lowest BCUT2D eigenvalue weighted by Gasteiger charge is -2.39. The Hall–Kier alpha value is -1.98. The second kappa shape index (κ2) is 5.79. The van der Waals surface area contributed by atoms with Gasteiger partial charge >= 0.3 is 0 Å². The fourth-order valence-corrected chi connectivity index (χ4v) is 2.50. The number of rotatable bonds is 4. The summed E-state index contributed by atoms with van der Waals surface area (Å²) in [5.74, 6) is -4.05. The smallest absolute Gasteiger partial charge is 0.290 e. The first kappa shape index (κ1) is 15.4. The van der Waals surface area contributed by atoms with Crippen LogP contribution in [0.2, 0.25) is 0 Å². The number of amides is 2. The number of carbonyl (C=O) groups is 2. The number of hydrogen-bond donors (Lipinski definition) is 1. The van der Waals surface area contributed by atoms with Crippen LogP contribution in [0.15, 0.2) is 30.3 Å². The molecule has 6 heteroatoms. The number of hydrogen-bond acceptors (Lipinski definition) is 2. The molecular formula is C15H18F2N2O2. The monoisotopic (exact) mass is 296 g/mol. The van der Waals surface area contributed by atoms with Crippen molar-refractivity contribution in [1.29, 1.82) is 0 Å². The van der Waals surface area contributed by atoms with Gasteiger partial charge in [-0.05, 0) is 13.3 Å². The molecule has 1 fully saturated rings. The Balaban J connectivity index is 2.26. The lowest BCUT2D eigenvalue weighted by molar-refractivity contribution is -0.155. The average Bonchev–Trinajstić information content (AvgIpc) is 2.45. The van der Waals surface area contributed by atoms with E-state index in [1.807, 2.05) is 0 Å². The molecule has 1 aromatic rings. The average molecular weight is 296 g/mol. The maximum atomic E-state index is 14.4. The summed E-state index contributed by atoms with van der Waals surface area (Å²) in [7, 11) is 0. The molecule has 0 aliphatic carbocycles. The molecule has 21 heavy (non-hydrogen) atoms. The van der Waals surface area contributed by atoms with Crippen molar-refractivity contribution < 1.29 is 18.4 Å².